The van der Waals surface area contributed by atoms with Crippen LogP contribution in [-0.4, -0.2) is 9.97 Å². The molecule has 3 nitrogen and oxygen atoms in total. The summed E-state index contributed by atoms with van der Waals surface area (Å²) >= 11 is 0. The van der Waals surface area contributed by atoms with Gasteiger partial charge in [-0.25, -0.2) is 4.98 Å². The molecule has 1 aromatic heterocycles. The molecule has 3 heteroatoms. The van der Waals surface area contributed by atoms with E-state index in [2.05, 4.69) is 29.9 Å². The molecule has 1 heterocycles. The van der Waals surface area contributed by atoms with Gasteiger partial charge in [-0.1, -0.05) is 19.9 Å². The maximum atomic E-state index is 5.61. The number of nitrogens with two attached hydrogens (primary N) is 1. The van der Waals surface area contributed by atoms with Gasteiger partial charge in [0.25, 0.3) is 0 Å². The van der Waals surface area contributed by atoms with Gasteiger partial charge in [-0.05, 0) is 30.0 Å². The van der Waals surface area contributed by atoms with Crippen LogP contribution >= 0.6 is 0 Å². The number of aromatic nitrogens is 2. The third-order valence-electron chi connectivity index (χ3n) is 2.79. The van der Waals surface area contributed by atoms with Crippen molar-refractivity contribution in [1.82, 2.24) is 9.97 Å². The van der Waals surface area contributed by atoms with Gasteiger partial charge in [-0.2, -0.15) is 0 Å². The highest BCUT2D eigenvalue weighted by Gasteiger charge is 2.04. The number of benzene rings is 1. The molecule has 0 aliphatic carbocycles. The Kier molecular flexibility index (Phi) is 3.25. The second kappa shape index (κ2) is 4.66. The fraction of sp³-hybridized carbons (Fsp3) is 0.462. The molecule has 0 atom stereocenters. The Hall–Kier alpha value is -1.35. The van der Waals surface area contributed by atoms with Crippen LogP contribution in [0.2, 0.25) is 0 Å². The van der Waals surface area contributed by atoms with Gasteiger partial charge in [-0.15, -0.1) is 0 Å². The Labute approximate surface area is 96.1 Å². The van der Waals surface area contributed by atoms with Gasteiger partial charge in [0, 0.05) is 13.0 Å². The van der Waals surface area contributed by atoms with Gasteiger partial charge in [-0.3, -0.25) is 0 Å². The molecule has 0 saturated carbocycles. The summed E-state index contributed by atoms with van der Waals surface area (Å²) in [6, 6.07) is 6.16. The van der Waals surface area contributed by atoms with Crippen LogP contribution in [0.5, 0.6) is 0 Å². The van der Waals surface area contributed by atoms with Gasteiger partial charge < -0.3 is 10.7 Å². The largest absolute Gasteiger partial charge is 0.342 e. The molecule has 2 rings (SSSR count). The predicted octanol–water partition coefficient (Wildman–Crippen LogP) is 2.61. The van der Waals surface area contributed by atoms with Gasteiger partial charge >= 0.3 is 0 Å². The van der Waals surface area contributed by atoms with Crippen molar-refractivity contribution in [3.63, 3.8) is 0 Å². The summed E-state index contributed by atoms with van der Waals surface area (Å²) < 4.78 is 0. The monoisotopic (exact) mass is 217 g/mol. The Bertz CT molecular complexity index is 471. The average Bonchev–Trinajstić information content (AvgIpc) is 2.67. The lowest BCUT2D eigenvalue weighted by Gasteiger charge is -2.00. The van der Waals surface area contributed by atoms with Crippen LogP contribution in [0.3, 0.4) is 0 Å². The van der Waals surface area contributed by atoms with Crippen molar-refractivity contribution in [2.45, 2.75) is 33.2 Å². The summed E-state index contributed by atoms with van der Waals surface area (Å²) in [5.41, 5.74) is 8.89. The molecule has 1 aromatic carbocycles. The predicted molar refractivity (Wildman–Crippen MR) is 67.1 cm³/mol. The molecule has 16 heavy (non-hydrogen) atoms. The number of aromatic amines is 1. The Balaban J connectivity index is 2.22. The van der Waals surface area contributed by atoms with Crippen LogP contribution in [-0.2, 0) is 13.0 Å². The van der Waals surface area contributed by atoms with Crippen LogP contribution < -0.4 is 5.73 Å². The van der Waals surface area contributed by atoms with Gasteiger partial charge in [0.2, 0.25) is 0 Å². The molecule has 0 unspecified atom stereocenters. The second-order valence-electron chi connectivity index (χ2n) is 4.67. The highest BCUT2D eigenvalue weighted by Crippen LogP contribution is 2.15. The summed E-state index contributed by atoms with van der Waals surface area (Å²) in [5.74, 6) is 1.80. The van der Waals surface area contributed by atoms with E-state index in [1.165, 1.54) is 6.42 Å². The number of aryl methyl sites for hydroxylation is 1. The van der Waals surface area contributed by atoms with Crippen molar-refractivity contribution in [2.75, 3.05) is 0 Å². The first-order valence-electron chi connectivity index (χ1n) is 5.86. The van der Waals surface area contributed by atoms with Crippen LogP contribution in [0.1, 0.15) is 31.7 Å². The van der Waals surface area contributed by atoms with Crippen molar-refractivity contribution in [1.29, 1.82) is 0 Å². The number of hydrogen-bond acceptors (Lipinski definition) is 2. The Morgan fingerprint density at radius 3 is 2.88 bits per heavy atom. The molecule has 0 radical (unpaired) electrons. The first kappa shape index (κ1) is 11.1. The smallest absolute Gasteiger partial charge is 0.107 e. The molecule has 86 valence electrons. The SMILES string of the molecule is CC(C)CCc1nc2ccc(CN)cc2[nH]1. The van der Waals surface area contributed by atoms with E-state index >= 15 is 0 Å². The first-order valence-corrected chi connectivity index (χ1v) is 5.86. The third kappa shape index (κ3) is 2.42. The minimum Gasteiger partial charge on any atom is -0.342 e. The highest BCUT2D eigenvalue weighted by atomic mass is 14.9. The lowest BCUT2D eigenvalue weighted by atomic mass is 10.1. The fourth-order valence-electron chi connectivity index (χ4n) is 1.78. The number of rotatable bonds is 4. The minimum absolute atomic E-state index is 0.580. The van der Waals surface area contributed by atoms with Crippen LogP contribution in [0, 0.1) is 5.92 Å². The van der Waals surface area contributed by atoms with E-state index in [1.807, 2.05) is 12.1 Å². The van der Waals surface area contributed by atoms with Crippen LogP contribution in [0.25, 0.3) is 11.0 Å². The maximum absolute atomic E-state index is 5.61. The lowest BCUT2D eigenvalue weighted by Crippen LogP contribution is -1.95. The molecular weight excluding hydrogens is 198 g/mol. The van der Waals surface area contributed by atoms with E-state index in [-0.39, 0.29) is 0 Å². The van der Waals surface area contributed by atoms with E-state index in [1.54, 1.807) is 0 Å². The summed E-state index contributed by atoms with van der Waals surface area (Å²) in [7, 11) is 0. The quantitative estimate of drug-likeness (QED) is 0.827. The third-order valence-corrected chi connectivity index (χ3v) is 2.79. The molecule has 0 amide bonds. The molecule has 0 saturated heterocycles. The standard InChI is InChI=1S/C13H19N3/c1-9(2)3-6-13-15-11-5-4-10(8-14)7-12(11)16-13/h4-5,7,9H,3,6,8,14H2,1-2H3,(H,15,16). The molecule has 0 spiro atoms. The number of nitrogens with one attached hydrogen (secondary N) is 1. The fourth-order valence-corrected chi connectivity index (χ4v) is 1.78. The first-order chi connectivity index (χ1) is 7.69. The topological polar surface area (TPSA) is 54.7 Å². The van der Waals surface area contributed by atoms with Crippen LogP contribution in [0.4, 0.5) is 0 Å². The molecule has 0 aliphatic rings. The van der Waals surface area contributed by atoms with E-state index in [0.717, 1.165) is 28.8 Å². The molecule has 0 fully saturated rings. The lowest BCUT2D eigenvalue weighted by molar-refractivity contribution is 0.577. The minimum atomic E-state index is 0.580. The second-order valence-corrected chi connectivity index (χ2v) is 4.67. The zero-order valence-electron chi connectivity index (χ0n) is 9.96. The number of H-pyrrole nitrogens is 1. The summed E-state index contributed by atoms with van der Waals surface area (Å²) in [6.45, 7) is 5.04. The van der Waals surface area contributed by atoms with E-state index < -0.39 is 0 Å². The Morgan fingerprint density at radius 1 is 1.38 bits per heavy atom. The summed E-state index contributed by atoms with van der Waals surface area (Å²) in [5, 5.41) is 0. The molecule has 2 aromatic rings. The summed E-state index contributed by atoms with van der Waals surface area (Å²) in [6.07, 6.45) is 2.19. The van der Waals surface area contributed by atoms with E-state index in [0.29, 0.717) is 12.5 Å². The van der Waals surface area contributed by atoms with E-state index in [4.69, 9.17) is 5.73 Å². The van der Waals surface area contributed by atoms with Crippen molar-refractivity contribution in [3.8, 4) is 0 Å². The number of nitrogens with zero attached hydrogens (tertiary/aromatic N) is 1. The molecular formula is C13H19N3. The Morgan fingerprint density at radius 2 is 2.19 bits per heavy atom. The molecule has 0 aliphatic heterocycles. The van der Waals surface area contributed by atoms with Crippen LogP contribution in [0.15, 0.2) is 18.2 Å². The zero-order chi connectivity index (χ0) is 11.5. The normalized spacial score (nSPS) is 11.5. The molecule has 3 N–H and O–H groups in total. The van der Waals surface area contributed by atoms with Crippen molar-refractivity contribution in [2.24, 2.45) is 11.7 Å². The highest BCUT2D eigenvalue weighted by molar-refractivity contribution is 5.75. The van der Waals surface area contributed by atoms with Gasteiger partial charge in [0.15, 0.2) is 0 Å². The number of fused-ring (bicyclic) bond motifs is 1. The van der Waals surface area contributed by atoms with Gasteiger partial charge in [0.05, 0.1) is 11.0 Å². The van der Waals surface area contributed by atoms with Crippen molar-refractivity contribution in [3.05, 3.63) is 29.6 Å². The van der Waals surface area contributed by atoms with E-state index in [9.17, 15) is 0 Å². The molecule has 0 bridgehead atoms. The van der Waals surface area contributed by atoms with Gasteiger partial charge in [0.1, 0.15) is 5.82 Å². The number of imidazole rings is 1. The zero-order valence-corrected chi connectivity index (χ0v) is 9.96. The number of hydrogen-bond donors (Lipinski definition) is 2. The van der Waals surface area contributed by atoms with Crippen molar-refractivity contribution >= 4 is 11.0 Å². The van der Waals surface area contributed by atoms with Crippen molar-refractivity contribution < 1.29 is 0 Å². The maximum Gasteiger partial charge on any atom is 0.107 e. The summed E-state index contributed by atoms with van der Waals surface area (Å²) in [4.78, 5) is 7.92. The average molecular weight is 217 g/mol.